The number of phosphoric acid groups is 1. The lowest BCUT2D eigenvalue weighted by Gasteiger charge is -2.18. The number of phosphoric ester groups is 1. The number of ether oxygens (including phenoxy) is 2. The fourth-order valence-electron chi connectivity index (χ4n) is 4.19. The molecule has 0 saturated carbocycles. The van der Waals surface area contributed by atoms with Crippen molar-refractivity contribution < 1.29 is 37.9 Å². The molecule has 0 saturated heterocycles. The van der Waals surface area contributed by atoms with Crippen LogP contribution in [0.1, 0.15) is 136 Å². The zero-order valence-electron chi connectivity index (χ0n) is 26.8. The summed E-state index contributed by atoms with van der Waals surface area (Å²) in [6.07, 6.45) is 34.7. The minimum absolute atomic E-state index is 0.201. The highest BCUT2D eigenvalue weighted by atomic mass is 31.2. The Hall–Kier alpha value is -1.99. The molecular weight excluding hydrogens is 567 g/mol. The summed E-state index contributed by atoms with van der Waals surface area (Å²) in [6, 6.07) is 0. The van der Waals surface area contributed by atoms with E-state index in [4.69, 9.17) is 19.3 Å². The van der Waals surface area contributed by atoms with Gasteiger partial charge in [-0.25, -0.2) is 4.57 Å². The van der Waals surface area contributed by atoms with Gasteiger partial charge in [0.15, 0.2) is 6.10 Å². The summed E-state index contributed by atoms with van der Waals surface area (Å²) < 4.78 is 26.0. The smallest absolute Gasteiger partial charge is 0.462 e. The predicted octanol–water partition coefficient (Wildman–Crippen LogP) is 9.23. The van der Waals surface area contributed by atoms with Crippen molar-refractivity contribution in [2.45, 2.75) is 142 Å². The lowest BCUT2D eigenvalue weighted by molar-refractivity contribution is -0.161. The highest BCUT2D eigenvalue weighted by molar-refractivity contribution is 7.46. The number of carbonyl (C=O) groups is 2. The summed E-state index contributed by atoms with van der Waals surface area (Å²) in [4.78, 5) is 42.1. The Kier molecular flexibility index (Phi) is 28.7. The molecular formula is C34H59O8P. The molecule has 1 atom stereocenters. The number of unbranched alkanes of at least 4 members (excludes halogenated alkanes) is 11. The van der Waals surface area contributed by atoms with Gasteiger partial charge in [-0.05, 0) is 51.4 Å². The highest BCUT2D eigenvalue weighted by Gasteiger charge is 2.22. The second-order valence-electron chi connectivity index (χ2n) is 10.8. The summed E-state index contributed by atoms with van der Waals surface area (Å²) >= 11 is 0. The quantitative estimate of drug-likeness (QED) is 0.0365. The second-order valence-corrected chi connectivity index (χ2v) is 12.0. The van der Waals surface area contributed by atoms with Crippen molar-refractivity contribution in [2.75, 3.05) is 13.2 Å². The van der Waals surface area contributed by atoms with Crippen LogP contribution in [-0.2, 0) is 28.2 Å². The molecule has 0 aromatic heterocycles. The van der Waals surface area contributed by atoms with Crippen molar-refractivity contribution in [1.82, 2.24) is 0 Å². The van der Waals surface area contributed by atoms with Gasteiger partial charge in [-0.1, -0.05) is 120 Å². The number of esters is 2. The van der Waals surface area contributed by atoms with Crippen LogP contribution in [0.4, 0.5) is 0 Å². The Morgan fingerprint density at radius 2 is 1.12 bits per heavy atom. The van der Waals surface area contributed by atoms with E-state index in [9.17, 15) is 14.2 Å². The molecule has 43 heavy (non-hydrogen) atoms. The molecule has 0 bridgehead atoms. The van der Waals surface area contributed by atoms with E-state index < -0.39 is 32.5 Å². The van der Waals surface area contributed by atoms with Gasteiger partial charge in [0.25, 0.3) is 0 Å². The summed E-state index contributed by atoms with van der Waals surface area (Å²) in [5, 5.41) is 0. The monoisotopic (exact) mass is 626 g/mol. The van der Waals surface area contributed by atoms with Crippen molar-refractivity contribution in [2.24, 2.45) is 0 Å². The van der Waals surface area contributed by atoms with Crippen molar-refractivity contribution in [3.63, 3.8) is 0 Å². The molecule has 0 aliphatic carbocycles. The summed E-state index contributed by atoms with van der Waals surface area (Å²) in [6.45, 7) is 3.39. The topological polar surface area (TPSA) is 119 Å². The van der Waals surface area contributed by atoms with Crippen LogP contribution in [0.2, 0.25) is 0 Å². The van der Waals surface area contributed by atoms with Gasteiger partial charge in [-0.3, -0.25) is 14.1 Å². The average molecular weight is 627 g/mol. The van der Waals surface area contributed by atoms with E-state index in [1.54, 1.807) is 0 Å². The van der Waals surface area contributed by atoms with Crippen LogP contribution in [0.25, 0.3) is 0 Å². The molecule has 0 amide bonds. The molecule has 9 heteroatoms. The normalized spacial score (nSPS) is 13.1. The third kappa shape index (κ3) is 32.8. The van der Waals surface area contributed by atoms with Crippen LogP contribution in [-0.4, -0.2) is 41.0 Å². The molecule has 1 unspecified atom stereocenters. The van der Waals surface area contributed by atoms with E-state index in [1.165, 1.54) is 25.7 Å². The molecule has 248 valence electrons. The van der Waals surface area contributed by atoms with E-state index >= 15 is 0 Å². The molecule has 8 nitrogen and oxygen atoms in total. The fraction of sp³-hybridized carbons (Fsp3) is 0.706. The third-order valence-electron chi connectivity index (χ3n) is 6.61. The number of hydrogen-bond donors (Lipinski definition) is 2. The Labute approximate surface area is 261 Å². The first-order chi connectivity index (χ1) is 20.8. The molecule has 0 rings (SSSR count). The predicted molar refractivity (Wildman–Crippen MR) is 174 cm³/mol. The Balaban J connectivity index is 3.87. The van der Waals surface area contributed by atoms with Gasteiger partial charge in [-0.15, -0.1) is 0 Å². The zero-order valence-corrected chi connectivity index (χ0v) is 27.7. The van der Waals surface area contributed by atoms with Gasteiger partial charge < -0.3 is 19.3 Å². The van der Waals surface area contributed by atoms with Gasteiger partial charge >= 0.3 is 19.8 Å². The molecule has 0 aliphatic heterocycles. The summed E-state index contributed by atoms with van der Waals surface area (Å²) in [5.74, 6) is -0.919. The van der Waals surface area contributed by atoms with Gasteiger partial charge in [0.05, 0.1) is 6.61 Å². The number of hydrogen-bond acceptors (Lipinski definition) is 6. The maximum absolute atomic E-state index is 12.2. The first kappa shape index (κ1) is 41.0. The molecule has 0 heterocycles. The summed E-state index contributed by atoms with van der Waals surface area (Å²) in [7, 11) is -4.74. The number of allylic oxidation sites excluding steroid dienone is 8. The van der Waals surface area contributed by atoms with Crippen LogP contribution >= 0.6 is 7.82 Å². The summed E-state index contributed by atoms with van der Waals surface area (Å²) in [5.41, 5.74) is 0. The molecule has 0 aromatic carbocycles. The van der Waals surface area contributed by atoms with E-state index in [1.807, 2.05) is 0 Å². The van der Waals surface area contributed by atoms with Crippen molar-refractivity contribution in [3.05, 3.63) is 48.6 Å². The molecule has 0 aliphatic rings. The fourth-order valence-corrected chi connectivity index (χ4v) is 4.55. The first-order valence-corrected chi connectivity index (χ1v) is 18.0. The van der Waals surface area contributed by atoms with Gasteiger partial charge in [-0.2, -0.15) is 0 Å². The lowest BCUT2D eigenvalue weighted by atomic mass is 10.1. The Morgan fingerprint density at radius 3 is 1.67 bits per heavy atom. The molecule has 0 radical (unpaired) electrons. The minimum Gasteiger partial charge on any atom is -0.462 e. The van der Waals surface area contributed by atoms with E-state index in [0.29, 0.717) is 12.8 Å². The Morgan fingerprint density at radius 1 is 0.628 bits per heavy atom. The third-order valence-corrected chi connectivity index (χ3v) is 7.10. The van der Waals surface area contributed by atoms with Crippen LogP contribution < -0.4 is 0 Å². The van der Waals surface area contributed by atoms with Crippen LogP contribution in [0.15, 0.2) is 48.6 Å². The van der Waals surface area contributed by atoms with Crippen LogP contribution in [0, 0.1) is 0 Å². The lowest BCUT2D eigenvalue weighted by Crippen LogP contribution is -2.29. The van der Waals surface area contributed by atoms with Crippen LogP contribution in [0.3, 0.4) is 0 Å². The number of rotatable bonds is 29. The van der Waals surface area contributed by atoms with E-state index in [-0.39, 0.29) is 19.4 Å². The minimum atomic E-state index is -4.74. The number of carbonyl (C=O) groups excluding carboxylic acids is 2. The first-order valence-electron chi connectivity index (χ1n) is 16.4. The SMILES string of the molecule is CC/C=C\C/C=C\C/C=C\C/C=C\CCCCCCCCCCC(=O)OC(COC(=O)CCCCCC)COP(=O)(O)O. The highest BCUT2D eigenvalue weighted by Crippen LogP contribution is 2.35. The maximum atomic E-state index is 12.2. The van der Waals surface area contributed by atoms with Crippen molar-refractivity contribution in [1.29, 1.82) is 0 Å². The standard InChI is InChI=1S/C34H59O8P/c1-3-5-7-9-10-11-12-13-14-15-16-17-18-19-20-21-22-23-24-25-27-29-34(36)42-32(31-41-43(37,38)39)30-40-33(35)28-26-8-6-4-2/h5,7,10-11,13-14,16-17,32H,3-4,6,8-9,12,15,18-31H2,1-2H3,(H2,37,38,39)/b7-5-,11-10-,14-13-,17-16-. The van der Waals surface area contributed by atoms with Crippen LogP contribution in [0.5, 0.6) is 0 Å². The molecule has 0 fully saturated rings. The van der Waals surface area contributed by atoms with Crippen molar-refractivity contribution >= 4 is 19.8 Å². The largest absolute Gasteiger partial charge is 0.469 e. The van der Waals surface area contributed by atoms with Gasteiger partial charge in [0, 0.05) is 12.8 Å². The molecule has 0 aromatic rings. The average Bonchev–Trinajstić information content (AvgIpc) is 2.97. The zero-order chi connectivity index (χ0) is 31.9. The van der Waals surface area contributed by atoms with E-state index in [0.717, 1.165) is 70.6 Å². The maximum Gasteiger partial charge on any atom is 0.469 e. The Bertz CT molecular complexity index is 843. The second kappa shape index (κ2) is 30.1. The van der Waals surface area contributed by atoms with Gasteiger partial charge in [0.2, 0.25) is 0 Å². The van der Waals surface area contributed by atoms with Crippen molar-refractivity contribution in [3.8, 4) is 0 Å². The van der Waals surface area contributed by atoms with E-state index in [2.05, 4.69) is 67.0 Å². The molecule has 0 spiro atoms. The van der Waals surface area contributed by atoms with Gasteiger partial charge in [0.1, 0.15) is 6.61 Å². The molecule has 2 N–H and O–H groups in total.